The van der Waals surface area contributed by atoms with Crippen molar-refractivity contribution in [3.63, 3.8) is 0 Å². The molecule has 1 fully saturated rings. The Balaban J connectivity index is 1.59. The number of carbonyl (C=O) groups excluding carboxylic acids is 1. The Hall–Kier alpha value is -2.84. The van der Waals surface area contributed by atoms with Gasteiger partial charge in [-0.15, -0.1) is 0 Å². The number of piperidine rings is 1. The summed E-state index contributed by atoms with van der Waals surface area (Å²) in [6.07, 6.45) is 2.16. The second kappa shape index (κ2) is 8.43. The number of hydrogen-bond donors (Lipinski definition) is 1. The number of nitrogens with zero attached hydrogens (tertiary/aromatic N) is 3. The van der Waals surface area contributed by atoms with Gasteiger partial charge in [-0.3, -0.25) is 0 Å². The van der Waals surface area contributed by atoms with Crippen molar-refractivity contribution in [1.29, 1.82) is 0 Å². The van der Waals surface area contributed by atoms with Crippen molar-refractivity contribution in [3.05, 3.63) is 41.1 Å². The quantitative estimate of drug-likeness (QED) is 0.720. The van der Waals surface area contributed by atoms with Gasteiger partial charge >= 0.3 is 6.09 Å². The third kappa shape index (κ3) is 3.99. The Morgan fingerprint density at radius 1 is 1.26 bits per heavy atom. The number of benzene rings is 1. The normalized spacial score (nSPS) is 23.8. The number of ether oxygens (including phenoxy) is 3. The summed E-state index contributed by atoms with van der Waals surface area (Å²) in [7, 11) is 1.64. The molecule has 182 valence electrons. The second-order valence-electron chi connectivity index (χ2n) is 10.5. The molecule has 4 heterocycles. The van der Waals surface area contributed by atoms with Crippen LogP contribution in [0, 0.1) is 6.92 Å². The van der Waals surface area contributed by atoms with Crippen LogP contribution in [-0.2, 0) is 16.1 Å². The van der Waals surface area contributed by atoms with E-state index in [4.69, 9.17) is 19.9 Å². The summed E-state index contributed by atoms with van der Waals surface area (Å²) in [4.78, 5) is 21.6. The van der Waals surface area contributed by atoms with Gasteiger partial charge in [-0.25, -0.2) is 9.78 Å². The van der Waals surface area contributed by atoms with E-state index >= 15 is 0 Å². The van der Waals surface area contributed by atoms with Crippen LogP contribution in [0.4, 0.5) is 10.5 Å². The molecule has 8 nitrogen and oxygen atoms in total. The summed E-state index contributed by atoms with van der Waals surface area (Å²) in [5, 5.41) is 0. The Bertz CT molecular complexity index is 1110. The largest absolute Gasteiger partial charge is 0.481 e. The average Bonchev–Trinajstić information content (AvgIpc) is 3.01. The third-order valence-electron chi connectivity index (χ3n) is 6.86. The van der Waals surface area contributed by atoms with Gasteiger partial charge in [-0.1, -0.05) is 0 Å². The fraction of sp³-hybridized carbons (Fsp3) is 0.538. The van der Waals surface area contributed by atoms with Gasteiger partial charge in [-0.2, -0.15) is 0 Å². The van der Waals surface area contributed by atoms with Gasteiger partial charge in [0.05, 0.1) is 20.3 Å². The number of methoxy groups -OCH3 is 1. The lowest BCUT2D eigenvalue weighted by molar-refractivity contribution is 0.0185. The molecule has 34 heavy (non-hydrogen) atoms. The molecule has 1 aromatic carbocycles. The number of nitrogens with two attached hydrogens (primary N) is 1. The van der Waals surface area contributed by atoms with Gasteiger partial charge in [0.2, 0.25) is 5.88 Å². The number of aromatic nitrogens is 1. The molecule has 1 aromatic heterocycles. The fourth-order valence-electron chi connectivity index (χ4n) is 5.53. The molecule has 0 saturated carbocycles. The maximum atomic E-state index is 12.9. The molecule has 1 saturated heterocycles. The predicted octanol–water partition coefficient (Wildman–Crippen LogP) is 3.79. The molecule has 2 N–H and O–H groups in total. The molecular formula is C26H34N4O4. The highest BCUT2D eigenvalue weighted by Gasteiger charge is 2.47. The molecular weight excluding hydrogens is 432 g/mol. The minimum Gasteiger partial charge on any atom is -0.481 e. The number of carbonyl (C=O) groups is 1. The van der Waals surface area contributed by atoms with Crippen molar-refractivity contribution in [2.45, 2.75) is 64.4 Å². The highest BCUT2D eigenvalue weighted by Crippen LogP contribution is 2.50. The topological polar surface area (TPSA) is 90.2 Å². The average molecular weight is 467 g/mol. The summed E-state index contributed by atoms with van der Waals surface area (Å²) in [6, 6.07) is 6.72. The zero-order valence-electron chi connectivity index (χ0n) is 20.6. The molecule has 2 aromatic rings. The molecule has 3 aliphatic rings. The van der Waals surface area contributed by atoms with Crippen molar-refractivity contribution in [1.82, 2.24) is 9.88 Å². The molecule has 1 amide bonds. The van der Waals surface area contributed by atoms with E-state index in [-0.39, 0.29) is 24.2 Å². The van der Waals surface area contributed by atoms with E-state index in [2.05, 4.69) is 28.1 Å². The molecule has 0 spiro atoms. The van der Waals surface area contributed by atoms with Gasteiger partial charge in [0.15, 0.2) is 0 Å². The Morgan fingerprint density at radius 2 is 2.06 bits per heavy atom. The Labute approximate surface area is 201 Å². The fourth-order valence-corrected chi connectivity index (χ4v) is 5.53. The lowest BCUT2D eigenvalue weighted by Gasteiger charge is -2.40. The van der Waals surface area contributed by atoms with Gasteiger partial charge < -0.3 is 29.7 Å². The first-order valence-electron chi connectivity index (χ1n) is 11.9. The highest BCUT2D eigenvalue weighted by molar-refractivity contribution is 5.79. The Kier molecular flexibility index (Phi) is 5.68. The van der Waals surface area contributed by atoms with Crippen molar-refractivity contribution in [2.75, 3.05) is 31.7 Å². The molecule has 3 atom stereocenters. The second-order valence-corrected chi connectivity index (χ2v) is 10.5. The number of amides is 1. The molecule has 0 radical (unpaired) electrons. The van der Waals surface area contributed by atoms with Gasteiger partial charge in [0.25, 0.3) is 0 Å². The van der Waals surface area contributed by atoms with Crippen LogP contribution in [0.5, 0.6) is 5.88 Å². The summed E-state index contributed by atoms with van der Waals surface area (Å²) in [5.41, 5.74) is 12.6. The first-order valence-corrected chi connectivity index (χ1v) is 11.9. The lowest BCUT2D eigenvalue weighted by atomic mass is 9.87. The van der Waals surface area contributed by atoms with Crippen LogP contribution >= 0.6 is 0 Å². The molecule has 8 heteroatoms. The van der Waals surface area contributed by atoms with Crippen molar-refractivity contribution < 1.29 is 19.0 Å². The maximum Gasteiger partial charge on any atom is 0.410 e. The number of anilines is 1. The first-order chi connectivity index (χ1) is 16.2. The standard InChI is InChI=1S/C26H34N4O4/c1-15-8-18(24(32-5)28-11-15)16-9-17-13-33-14-22(27)30-21-6-7-29(25(31)34-26(2,3)4)12-20(21)19(10-16)23(17)30/h8-11,20-22H,6-7,12-14,27H2,1-5H3/t20-,21-,22?/m0/s1. The predicted molar refractivity (Wildman–Crippen MR) is 130 cm³/mol. The maximum absolute atomic E-state index is 12.9. The zero-order valence-corrected chi connectivity index (χ0v) is 20.6. The van der Waals surface area contributed by atoms with Crippen molar-refractivity contribution >= 4 is 11.8 Å². The van der Waals surface area contributed by atoms with Crippen LogP contribution in [0.2, 0.25) is 0 Å². The smallest absolute Gasteiger partial charge is 0.410 e. The van der Waals surface area contributed by atoms with Crippen LogP contribution in [0.15, 0.2) is 24.4 Å². The minimum absolute atomic E-state index is 0.142. The number of likely N-dealkylation sites (tertiary alicyclic amines) is 1. The van der Waals surface area contributed by atoms with E-state index in [0.717, 1.165) is 34.4 Å². The highest BCUT2D eigenvalue weighted by atomic mass is 16.6. The molecule has 3 aliphatic heterocycles. The molecule has 1 unspecified atom stereocenters. The van der Waals surface area contributed by atoms with E-state index in [0.29, 0.717) is 32.2 Å². The van der Waals surface area contributed by atoms with Crippen LogP contribution in [-0.4, -0.2) is 60.6 Å². The molecule has 0 bridgehead atoms. The number of rotatable bonds is 2. The SMILES string of the molecule is COc1ncc(C)cc1-c1cc2c3c(c1)[C@@H]1CN(C(=O)OC(C)(C)C)CC[C@@H]1N3C(N)COC2. The van der Waals surface area contributed by atoms with Gasteiger partial charge in [0.1, 0.15) is 11.8 Å². The lowest BCUT2D eigenvalue weighted by Crippen LogP contribution is -2.54. The van der Waals surface area contributed by atoms with E-state index in [1.807, 2.05) is 38.8 Å². The molecule has 5 rings (SSSR count). The van der Waals surface area contributed by atoms with Crippen LogP contribution in [0.1, 0.15) is 49.8 Å². The summed E-state index contributed by atoms with van der Waals surface area (Å²) < 4.78 is 17.2. The minimum atomic E-state index is -0.525. The van der Waals surface area contributed by atoms with Crippen molar-refractivity contribution in [2.24, 2.45) is 5.73 Å². The summed E-state index contributed by atoms with van der Waals surface area (Å²) in [5.74, 6) is 0.734. The molecule has 0 aliphatic carbocycles. The van der Waals surface area contributed by atoms with Crippen LogP contribution < -0.4 is 15.4 Å². The van der Waals surface area contributed by atoms with Crippen LogP contribution in [0.25, 0.3) is 11.1 Å². The van der Waals surface area contributed by atoms with E-state index in [9.17, 15) is 4.79 Å². The number of hydrogen-bond acceptors (Lipinski definition) is 7. The monoisotopic (exact) mass is 466 g/mol. The van der Waals surface area contributed by atoms with Crippen molar-refractivity contribution in [3.8, 4) is 17.0 Å². The van der Waals surface area contributed by atoms with Gasteiger partial charge in [-0.05, 0) is 69.0 Å². The van der Waals surface area contributed by atoms with E-state index in [1.54, 1.807) is 7.11 Å². The summed E-state index contributed by atoms with van der Waals surface area (Å²) >= 11 is 0. The Morgan fingerprint density at radius 3 is 2.79 bits per heavy atom. The first kappa shape index (κ1) is 22.9. The van der Waals surface area contributed by atoms with E-state index in [1.165, 1.54) is 5.56 Å². The summed E-state index contributed by atoms with van der Waals surface area (Å²) in [6.45, 7) is 9.94. The number of fused-ring (bicyclic) bond motifs is 3. The van der Waals surface area contributed by atoms with Crippen LogP contribution in [0.3, 0.4) is 0 Å². The van der Waals surface area contributed by atoms with E-state index < -0.39 is 5.60 Å². The number of pyridine rings is 1. The third-order valence-corrected chi connectivity index (χ3v) is 6.86. The zero-order chi connectivity index (χ0) is 24.2. The van der Waals surface area contributed by atoms with Gasteiger partial charge in [0, 0.05) is 48.1 Å². The number of aryl methyl sites for hydroxylation is 1.